The second-order valence-electron chi connectivity index (χ2n) is 29.5. The molecule has 1 saturated heterocycles. The first kappa shape index (κ1) is 83.7. The minimum Gasteiger partial charge on any atom is -0.481 e. The molecule has 11 N–H and O–H groups in total. The molecule has 0 bridgehead atoms. The Labute approximate surface area is 615 Å². The molecule has 0 aromatic carbocycles. The number of aliphatic carboxylic acids is 1. The third-order valence-corrected chi connectivity index (χ3v) is 20.8. The highest BCUT2D eigenvalue weighted by atomic mass is 16.4. The molecule has 7 unspecified atom stereocenters. The van der Waals surface area contributed by atoms with E-state index in [1.54, 1.807) is 13.8 Å². The van der Waals surface area contributed by atoms with Crippen molar-refractivity contribution in [3.05, 3.63) is 36.5 Å². The van der Waals surface area contributed by atoms with Gasteiger partial charge in [-0.15, -0.1) is 0 Å². The van der Waals surface area contributed by atoms with Crippen LogP contribution in [-0.2, 0) is 86.3 Å². The number of carboxylic acid groups (broad SMARTS) is 1. The standard InChI is InChI=1S/C73H105N13O20/c1-42(2)36-54(73(106)83-35-9-12-55(83)71(104)80-53(25-32-63(96)97)70(103)82-64(44(4)88)72(105)77-38-56(89)76-37-43(3)87)81-69(102)52(79-67(100)50-23-17-47(18-24-50)41-86-61(94)30-31-62(86)95)11-6-8-34-75-68(101)51(78-66(99)49-21-15-46(16-22-49)40-85-59(92)28-29-60(85)93)10-5-7-33-74-65(98)48-19-13-45(14-20-48)39-84-57(90)26-27-58(84)91/h26-31,42,44-55,64,88H,5-25,32-41H2,1-4H3,(H,74,98)(H,75,101)(H,76,89)(H,77,105)(H,78,99)(H,79,100)(H,80,104)(H,81,102)(H,82,103)(H,96,97). The Bertz CT molecular complexity index is 3330. The Morgan fingerprint density at radius 2 is 0.858 bits per heavy atom. The Morgan fingerprint density at radius 3 is 1.29 bits per heavy atom. The van der Waals surface area contributed by atoms with Crippen LogP contribution in [0.5, 0.6) is 0 Å². The Balaban J connectivity index is 0.987. The van der Waals surface area contributed by atoms with Gasteiger partial charge in [-0.25, -0.2) is 0 Å². The van der Waals surface area contributed by atoms with Gasteiger partial charge in [0.1, 0.15) is 42.0 Å². The fourth-order valence-electron chi connectivity index (χ4n) is 14.7. The van der Waals surface area contributed by atoms with Gasteiger partial charge in [0.15, 0.2) is 0 Å². The van der Waals surface area contributed by atoms with E-state index in [1.165, 1.54) is 65.0 Å². The molecule has 4 fully saturated rings. The highest BCUT2D eigenvalue weighted by molar-refractivity contribution is 6.14. The van der Waals surface area contributed by atoms with Crippen LogP contribution in [0.25, 0.3) is 0 Å². The summed E-state index contributed by atoms with van der Waals surface area (Å²) >= 11 is 0. The van der Waals surface area contributed by atoms with Gasteiger partial charge in [-0.05, 0) is 179 Å². The van der Waals surface area contributed by atoms with E-state index in [1.807, 2.05) is 0 Å². The molecule has 7 aliphatic rings. The van der Waals surface area contributed by atoms with Crippen molar-refractivity contribution in [3.8, 4) is 0 Å². The first-order chi connectivity index (χ1) is 50.5. The lowest BCUT2D eigenvalue weighted by atomic mass is 9.81. The molecule has 7 rings (SSSR count). The van der Waals surface area contributed by atoms with E-state index in [-0.39, 0.29) is 142 Å². The zero-order chi connectivity index (χ0) is 77.3. The lowest BCUT2D eigenvalue weighted by Gasteiger charge is -2.32. The minimum absolute atomic E-state index is 0.00502. The van der Waals surface area contributed by atoms with E-state index in [2.05, 4.69) is 47.9 Å². The predicted octanol–water partition coefficient (Wildman–Crippen LogP) is -0.718. The molecule has 0 radical (unpaired) electrons. The maximum absolute atomic E-state index is 14.8. The molecule has 4 aliphatic heterocycles. The summed E-state index contributed by atoms with van der Waals surface area (Å²) in [4.78, 5) is 240. The second kappa shape index (κ2) is 40.8. The van der Waals surface area contributed by atoms with Crippen LogP contribution in [-0.4, -0.2) is 231 Å². The zero-order valence-corrected chi connectivity index (χ0v) is 61.0. The Hall–Kier alpha value is -9.56. The van der Waals surface area contributed by atoms with Crippen LogP contribution in [0.3, 0.4) is 0 Å². The number of rotatable bonds is 40. The van der Waals surface area contributed by atoms with Crippen molar-refractivity contribution >= 4 is 106 Å². The molecule has 106 heavy (non-hydrogen) atoms. The maximum atomic E-state index is 14.8. The van der Waals surface area contributed by atoms with Crippen LogP contribution in [0.4, 0.5) is 0 Å². The van der Waals surface area contributed by atoms with Gasteiger partial charge in [-0.1, -0.05) is 13.8 Å². The first-order valence-electron chi connectivity index (χ1n) is 37.4. The highest BCUT2D eigenvalue weighted by Gasteiger charge is 2.42. The van der Waals surface area contributed by atoms with Gasteiger partial charge in [-0.3, -0.25) is 101 Å². The van der Waals surface area contributed by atoms with Crippen LogP contribution in [0.2, 0.25) is 0 Å². The molecule has 7 atom stereocenters. The maximum Gasteiger partial charge on any atom is 0.303 e. The van der Waals surface area contributed by atoms with Crippen LogP contribution >= 0.6 is 0 Å². The molecule has 16 amide bonds. The van der Waals surface area contributed by atoms with Crippen LogP contribution in [0, 0.1) is 41.4 Å². The minimum atomic E-state index is -1.71. The molecule has 0 aromatic rings. The molecule has 582 valence electrons. The number of carbonyl (C=O) groups excluding carboxylic acids is 17. The molecular weight excluding hydrogens is 1380 g/mol. The smallest absolute Gasteiger partial charge is 0.303 e. The number of aliphatic hydroxyl groups is 1. The molecule has 33 heteroatoms. The summed E-state index contributed by atoms with van der Waals surface area (Å²) in [7, 11) is 0. The van der Waals surface area contributed by atoms with E-state index in [0.717, 1.165) is 4.90 Å². The van der Waals surface area contributed by atoms with E-state index in [4.69, 9.17) is 0 Å². The van der Waals surface area contributed by atoms with E-state index < -0.39 is 139 Å². The van der Waals surface area contributed by atoms with Crippen molar-refractivity contribution in [2.75, 3.05) is 52.4 Å². The third-order valence-electron chi connectivity index (χ3n) is 20.8. The van der Waals surface area contributed by atoms with Crippen LogP contribution < -0.4 is 47.9 Å². The lowest BCUT2D eigenvalue weighted by Crippen LogP contribution is -2.60. The number of hydrogen-bond acceptors (Lipinski definition) is 19. The number of nitrogens with zero attached hydrogens (tertiary/aromatic N) is 4. The lowest BCUT2D eigenvalue weighted by molar-refractivity contribution is -0.143. The topological polar surface area (TPSA) is 469 Å². The van der Waals surface area contributed by atoms with Crippen molar-refractivity contribution < 1.29 is 96.5 Å². The largest absolute Gasteiger partial charge is 0.481 e. The summed E-state index contributed by atoms with van der Waals surface area (Å²) in [6, 6.07) is -8.10. The van der Waals surface area contributed by atoms with Gasteiger partial charge in [0, 0.05) is 99.9 Å². The number of carbonyl (C=O) groups is 18. The van der Waals surface area contributed by atoms with Crippen LogP contribution in [0.15, 0.2) is 36.5 Å². The average Bonchev–Trinajstić information content (AvgIpc) is 1.62. The molecule has 33 nitrogen and oxygen atoms in total. The van der Waals surface area contributed by atoms with Crippen molar-refractivity contribution in [3.63, 3.8) is 0 Å². The number of unbranched alkanes of at least 4 members (excludes halogenated alkanes) is 2. The average molecular weight is 1480 g/mol. The summed E-state index contributed by atoms with van der Waals surface area (Å²) in [6.07, 6.45) is 13.0. The molecular formula is C73H105N13O20. The number of aliphatic hydroxyl groups excluding tert-OH is 1. The summed E-state index contributed by atoms with van der Waals surface area (Å²) in [6.45, 7) is 6.18. The Kier molecular flexibility index (Phi) is 32.2. The fourth-order valence-corrected chi connectivity index (χ4v) is 14.7. The number of hydrogen-bond donors (Lipinski definition) is 11. The number of ketones is 1. The van der Waals surface area contributed by atoms with Crippen molar-refractivity contribution in [2.24, 2.45) is 41.4 Å². The third kappa shape index (κ3) is 25.3. The van der Waals surface area contributed by atoms with Gasteiger partial charge in [0.2, 0.25) is 59.1 Å². The quantitative estimate of drug-likeness (QED) is 0.0266. The first-order valence-corrected chi connectivity index (χ1v) is 37.4. The fraction of sp³-hybridized carbons (Fsp3) is 0.671. The Morgan fingerprint density at radius 1 is 0.443 bits per heavy atom. The second-order valence-corrected chi connectivity index (χ2v) is 29.5. The normalized spacial score (nSPS) is 23.2. The van der Waals surface area contributed by atoms with E-state index in [0.29, 0.717) is 109 Å². The number of Topliss-reactive ketones (excluding diaryl/α,β-unsaturated/α-hetero) is 1. The van der Waals surface area contributed by atoms with Gasteiger partial charge in [0.25, 0.3) is 35.4 Å². The number of likely N-dealkylation sites (tertiary alicyclic amines) is 1. The monoisotopic (exact) mass is 1480 g/mol. The highest BCUT2D eigenvalue weighted by Crippen LogP contribution is 2.34. The van der Waals surface area contributed by atoms with Gasteiger partial charge in [0.05, 0.1) is 19.2 Å². The summed E-state index contributed by atoms with van der Waals surface area (Å²) in [5, 5.41) is 44.1. The predicted molar refractivity (Wildman–Crippen MR) is 377 cm³/mol. The zero-order valence-electron chi connectivity index (χ0n) is 61.0. The van der Waals surface area contributed by atoms with Crippen molar-refractivity contribution in [1.29, 1.82) is 0 Å². The van der Waals surface area contributed by atoms with Crippen LogP contribution in [0.1, 0.15) is 175 Å². The van der Waals surface area contributed by atoms with Gasteiger partial charge >= 0.3 is 5.97 Å². The van der Waals surface area contributed by atoms with Gasteiger partial charge < -0.3 is 63.0 Å². The summed E-state index contributed by atoms with van der Waals surface area (Å²) < 4.78 is 0. The SMILES string of the molecule is CC(=O)CNC(=O)CNC(=O)C(NC(=O)C(CCC(=O)O)NC(=O)C1CCCN1C(=O)C(CC(C)C)NC(=O)C(CCCCNC(=O)C(CCCCNC(=O)C1CCC(CN2C(=O)C=CC2=O)CC1)NC(=O)C1CCC(CN2C(=O)C=CC2=O)CC1)NC(=O)C1CCC(CN2C(=O)C=CC2=O)CC1)C(C)O. The number of amides is 16. The molecule has 3 aliphatic carbocycles. The van der Waals surface area contributed by atoms with E-state index >= 15 is 0 Å². The summed E-state index contributed by atoms with van der Waals surface area (Å²) in [5.41, 5.74) is 0. The van der Waals surface area contributed by atoms with E-state index in [9.17, 15) is 96.5 Å². The number of nitrogens with one attached hydrogen (secondary N) is 9. The van der Waals surface area contributed by atoms with Gasteiger partial charge in [-0.2, -0.15) is 0 Å². The number of imide groups is 3. The molecule has 3 saturated carbocycles. The van der Waals surface area contributed by atoms with Crippen molar-refractivity contribution in [2.45, 2.75) is 218 Å². The number of carboxylic acids is 1. The molecule has 4 heterocycles. The summed E-state index contributed by atoms with van der Waals surface area (Å²) in [5.74, 6) is -12.0. The molecule has 0 spiro atoms. The van der Waals surface area contributed by atoms with Crippen molar-refractivity contribution in [1.82, 2.24) is 67.5 Å². The molecule has 0 aromatic heterocycles.